The Hall–Kier alpha value is 0.550. The van der Waals surface area contributed by atoms with Crippen molar-refractivity contribution in [3.05, 3.63) is 0 Å². The monoisotopic (exact) mass is 396 g/mol. The molecule has 3 unspecified atom stereocenters. The van der Waals surface area contributed by atoms with Crippen molar-refractivity contribution in [2.75, 3.05) is 18.4 Å². The highest BCUT2D eigenvalue weighted by Crippen LogP contribution is 2.37. The highest BCUT2D eigenvalue weighted by atomic mass is 35.5. The van der Waals surface area contributed by atoms with Crippen molar-refractivity contribution in [1.29, 1.82) is 0 Å². The zero-order valence-corrected chi connectivity index (χ0v) is 14.1. The van der Waals surface area contributed by atoms with Crippen LogP contribution in [0.15, 0.2) is 0 Å². The lowest BCUT2D eigenvalue weighted by Crippen LogP contribution is -2.61. The molecule has 11 heteroatoms. The molecule has 0 aromatic rings. The minimum atomic E-state index is -1.90. The smallest absolute Gasteiger partial charge is 0.214 e. The molecule has 0 aliphatic carbocycles. The van der Waals surface area contributed by atoms with Gasteiger partial charge in [0, 0.05) is 0 Å². The van der Waals surface area contributed by atoms with Crippen LogP contribution in [0.2, 0.25) is 0 Å². The molecule has 0 radical (unpaired) electrons. The van der Waals surface area contributed by atoms with E-state index in [9.17, 15) is 25.5 Å². The van der Waals surface area contributed by atoms with Gasteiger partial charge < -0.3 is 39.7 Å². The van der Waals surface area contributed by atoms with E-state index in [-0.39, 0.29) is 5.88 Å². The van der Waals surface area contributed by atoms with E-state index in [0.717, 1.165) is 0 Å². The zero-order chi connectivity index (χ0) is 17.4. The van der Waals surface area contributed by atoms with Crippen molar-refractivity contribution < 1.29 is 39.7 Å². The third-order valence-electron chi connectivity index (χ3n) is 3.96. The van der Waals surface area contributed by atoms with Gasteiger partial charge in [0.1, 0.15) is 36.6 Å². The quantitative estimate of drug-likeness (QED) is 0.349. The molecule has 0 aromatic carbocycles. The Morgan fingerprint density at radius 1 is 1.00 bits per heavy atom. The maximum absolute atomic E-state index is 10.1. The van der Waals surface area contributed by atoms with Crippen LogP contribution in [0.1, 0.15) is 0 Å². The van der Waals surface area contributed by atoms with Gasteiger partial charge in [0.15, 0.2) is 6.29 Å². The van der Waals surface area contributed by atoms with E-state index in [1.165, 1.54) is 0 Å². The summed E-state index contributed by atoms with van der Waals surface area (Å²) in [7, 11) is 0. The number of hydrogen-bond donors (Lipinski definition) is 5. The van der Waals surface area contributed by atoms with E-state index in [4.69, 9.17) is 49.0 Å². The summed E-state index contributed by atoms with van der Waals surface area (Å²) in [6.45, 7) is -0.526. The topological polar surface area (TPSA) is 129 Å². The standard InChI is InChI=1S/C12H19Cl3O8/c13-1-4-7(17)10(20)12(3-14,22-4)23-11-9(19)8(18)6(15)5(2-16)21-11/h4-11,16-20H,1-3H2/t4-,5?,6+,7+,8+,9?,10?,11-,12+/m1/s1. The molecular formula is C12H19Cl3O8. The van der Waals surface area contributed by atoms with Crippen LogP contribution in [0, 0.1) is 0 Å². The molecule has 0 spiro atoms. The second-order valence-corrected chi connectivity index (χ2v) is 6.54. The molecule has 2 fully saturated rings. The van der Waals surface area contributed by atoms with Crippen LogP contribution in [-0.4, -0.2) is 98.0 Å². The highest BCUT2D eigenvalue weighted by molar-refractivity contribution is 6.21. The van der Waals surface area contributed by atoms with E-state index >= 15 is 0 Å². The SMILES string of the molecule is OCC1O[C@H](O[C@]2(CCl)O[C@H](CCl)[C@H](O)C2O)C(O)[C@@H](O)[C@H]1Cl. The third-order valence-corrected chi connectivity index (χ3v) is 5.17. The molecule has 23 heavy (non-hydrogen) atoms. The summed E-state index contributed by atoms with van der Waals surface area (Å²) in [5.41, 5.74) is 0. The first kappa shape index (κ1) is 19.9. The van der Waals surface area contributed by atoms with Crippen molar-refractivity contribution >= 4 is 34.8 Å². The van der Waals surface area contributed by atoms with E-state index in [1.807, 2.05) is 0 Å². The molecule has 0 aromatic heterocycles. The van der Waals surface area contributed by atoms with Gasteiger partial charge in [-0.15, -0.1) is 34.8 Å². The highest BCUT2D eigenvalue weighted by Gasteiger charge is 2.58. The van der Waals surface area contributed by atoms with Gasteiger partial charge in [0.2, 0.25) is 5.79 Å². The fourth-order valence-corrected chi connectivity index (χ4v) is 3.37. The molecule has 9 atom stereocenters. The molecule has 8 nitrogen and oxygen atoms in total. The minimum absolute atomic E-state index is 0.125. The zero-order valence-electron chi connectivity index (χ0n) is 11.8. The lowest BCUT2D eigenvalue weighted by molar-refractivity contribution is -0.357. The average molecular weight is 398 g/mol. The molecule has 2 rings (SSSR count). The lowest BCUT2D eigenvalue weighted by atomic mass is 10.0. The molecule has 0 saturated carbocycles. The first-order chi connectivity index (χ1) is 10.8. The van der Waals surface area contributed by atoms with Gasteiger partial charge >= 0.3 is 0 Å². The first-order valence-corrected chi connectivity index (χ1v) is 8.42. The van der Waals surface area contributed by atoms with Crippen molar-refractivity contribution in [3.8, 4) is 0 Å². The van der Waals surface area contributed by atoms with Crippen molar-refractivity contribution in [1.82, 2.24) is 0 Å². The number of aliphatic hydroxyl groups excluding tert-OH is 5. The normalized spacial score (nSPS) is 51.1. The number of rotatable bonds is 5. The maximum atomic E-state index is 10.1. The van der Waals surface area contributed by atoms with Crippen LogP contribution in [-0.2, 0) is 14.2 Å². The van der Waals surface area contributed by atoms with E-state index in [0.29, 0.717) is 0 Å². The van der Waals surface area contributed by atoms with Crippen molar-refractivity contribution in [2.24, 2.45) is 0 Å². The van der Waals surface area contributed by atoms with E-state index < -0.39 is 66.6 Å². The van der Waals surface area contributed by atoms with E-state index in [1.54, 1.807) is 0 Å². The van der Waals surface area contributed by atoms with Gasteiger partial charge in [0.25, 0.3) is 0 Å². The number of alkyl halides is 3. The molecule has 0 bridgehead atoms. The van der Waals surface area contributed by atoms with Gasteiger partial charge in [-0.1, -0.05) is 0 Å². The average Bonchev–Trinajstić information content (AvgIpc) is 2.80. The molecule has 2 aliphatic rings. The number of hydrogen-bond acceptors (Lipinski definition) is 8. The second kappa shape index (κ2) is 7.84. The Morgan fingerprint density at radius 2 is 1.65 bits per heavy atom. The first-order valence-electron chi connectivity index (χ1n) is 6.91. The molecule has 0 amide bonds. The fraction of sp³-hybridized carbons (Fsp3) is 1.00. The molecule has 2 aliphatic heterocycles. The Morgan fingerprint density at radius 3 is 2.13 bits per heavy atom. The second-order valence-electron chi connectivity index (χ2n) is 5.46. The predicted molar refractivity (Wildman–Crippen MR) is 79.5 cm³/mol. The number of ether oxygens (including phenoxy) is 3. The number of aliphatic hydroxyl groups is 5. The van der Waals surface area contributed by atoms with Crippen LogP contribution in [0.4, 0.5) is 0 Å². The largest absolute Gasteiger partial charge is 0.394 e. The van der Waals surface area contributed by atoms with Crippen LogP contribution in [0.3, 0.4) is 0 Å². The fourth-order valence-electron chi connectivity index (χ4n) is 2.56. The summed E-state index contributed by atoms with van der Waals surface area (Å²) >= 11 is 17.3. The maximum Gasteiger partial charge on any atom is 0.214 e. The number of halogens is 3. The Labute approximate surface area is 147 Å². The third kappa shape index (κ3) is 3.58. The van der Waals surface area contributed by atoms with Gasteiger partial charge in [-0.3, -0.25) is 0 Å². The van der Waals surface area contributed by atoms with Crippen LogP contribution in [0.5, 0.6) is 0 Å². The van der Waals surface area contributed by atoms with Crippen molar-refractivity contribution in [3.63, 3.8) is 0 Å². The Kier molecular flexibility index (Phi) is 6.77. The van der Waals surface area contributed by atoms with Crippen molar-refractivity contribution in [2.45, 2.75) is 54.1 Å². The minimum Gasteiger partial charge on any atom is -0.394 e. The Balaban J connectivity index is 2.18. The van der Waals surface area contributed by atoms with Crippen LogP contribution < -0.4 is 0 Å². The predicted octanol–water partition coefficient (Wildman–Crippen LogP) is -1.66. The Bertz CT molecular complexity index is 403. The van der Waals surface area contributed by atoms with Gasteiger partial charge in [-0.25, -0.2) is 0 Å². The summed E-state index contributed by atoms with van der Waals surface area (Å²) in [5.74, 6) is -2.43. The summed E-state index contributed by atoms with van der Waals surface area (Å²) in [4.78, 5) is 0. The summed E-state index contributed by atoms with van der Waals surface area (Å²) in [6.07, 6.45) is -9.39. The summed E-state index contributed by atoms with van der Waals surface area (Å²) in [6, 6.07) is 0. The van der Waals surface area contributed by atoms with E-state index in [2.05, 4.69) is 0 Å². The van der Waals surface area contributed by atoms with Crippen LogP contribution >= 0.6 is 34.8 Å². The van der Waals surface area contributed by atoms with Gasteiger partial charge in [-0.05, 0) is 0 Å². The van der Waals surface area contributed by atoms with Crippen LogP contribution in [0.25, 0.3) is 0 Å². The van der Waals surface area contributed by atoms with Gasteiger partial charge in [0.05, 0.1) is 23.7 Å². The molecule has 2 heterocycles. The molecule has 2 saturated heterocycles. The molecular weight excluding hydrogens is 378 g/mol. The lowest BCUT2D eigenvalue weighted by Gasteiger charge is -2.43. The van der Waals surface area contributed by atoms with Gasteiger partial charge in [-0.2, -0.15) is 0 Å². The summed E-state index contributed by atoms with van der Waals surface area (Å²) in [5, 5.41) is 48.1. The molecule has 136 valence electrons. The molecule has 5 N–H and O–H groups in total. The summed E-state index contributed by atoms with van der Waals surface area (Å²) < 4.78 is 16.1.